The van der Waals surface area contributed by atoms with Gasteiger partial charge in [-0.25, -0.2) is 0 Å². The summed E-state index contributed by atoms with van der Waals surface area (Å²) < 4.78 is 45.9. The Labute approximate surface area is 201 Å². The van der Waals surface area contributed by atoms with Gasteiger partial charge in [0.1, 0.15) is 17.2 Å². The molecule has 0 saturated heterocycles. The van der Waals surface area contributed by atoms with Crippen LogP contribution in [0.5, 0.6) is 11.5 Å². The summed E-state index contributed by atoms with van der Waals surface area (Å²) in [5.74, 6) is -0.0569. The van der Waals surface area contributed by atoms with Crippen molar-refractivity contribution in [3.05, 3.63) is 76.8 Å². The van der Waals surface area contributed by atoms with E-state index in [4.69, 9.17) is 10.5 Å². The van der Waals surface area contributed by atoms with Gasteiger partial charge in [0.2, 0.25) is 5.91 Å². The highest BCUT2D eigenvalue weighted by atomic mass is 19.4. The number of hydrogen-bond acceptors (Lipinski definition) is 5. The average Bonchev–Trinajstić information content (AvgIpc) is 2.83. The molecule has 35 heavy (non-hydrogen) atoms. The number of benzene rings is 1. The van der Waals surface area contributed by atoms with Crippen LogP contribution in [0.4, 0.5) is 13.2 Å². The lowest BCUT2D eigenvalue weighted by Gasteiger charge is -2.26. The second-order valence-electron chi connectivity index (χ2n) is 8.18. The number of nitrogens with one attached hydrogen (secondary N) is 2. The van der Waals surface area contributed by atoms with Gasteiger partial charge >= 0.3 is 6.18 Å². The van der Waals surface area contributed by atoms with Gasteiger partial charge in [0.25, 0.3) is 5.91 Å². The van der Waals surface area contributed by atoms with Crippen molar-refractivity contribution in [2.75, 3.05) is 13.6 Å². The molecule has 1 aromatic heterocycles. The van der Waals surface area contributed by atoms with Crippen LogP contribution in [-0.2, 0) is 11.2 Å². The van der Waals surface area contributed by atoms with E-state index < -0.39 is 11.7 Å². The molecule has 10 heteroatoms. The van der Waals surface area contributed by atoms with E-state index in [1.54, 1.807) is 31.2 Å². The predicted octanol–water partition coefficient (Wildman–Crippen LogP) is 4.02. The first kappa shape index (κ1) is 26.0. The van der Waals surface area contributed by atoms with Crippen molar-refractivity contribution < 1.29 is 27.5 Å². The minimum Gasteiger partial charge on any atom is -0.457 e. The van der Waals surface area contributed by atoms with E-state index in [0.717, 1.165) is 11.6 Å². The van der Waals surface area contributed by atoms with Crippen LogP contribution in [-0.4, -0.2) is 36.6 Å². The summed E-state index contributed by atoms with van der Waals surface area (Å²) >= 11 is 0. The third kappa shape index (κ3) is 6.92. The number of nitrogens with two attached hydrogens (primary N) is 1. The Balaban J connectivity index is 1.63. The SMILES string of the molecule is CNC(=O)c1cc(Oc2cccc(CCC(=O)NC3=CC(C(F)(F)F)=C(CN)CC3C)c2)ccn1. The number of halogens is 3. The fourth-order valence-corrected chi connectivity index (χ4v) is 3.73. The monoisotopic (exact) mass is 488 g/mol. The molecule has 0 fully saturated rings. The largest absolute Gasteiger partial charge is 0.457 e. The van der Waals surface area contributed by atoms with Gasteiger partial charge in [0, 0.05) is 43.9 Å². The van der Waals surface area contributed by atoms with Crippen LogP contribution in [0.1, 0.15) is 35.8 Å². The van der Waals surface area contributed by atoms with Crippen LogP contribution in [0.3, 0.4) is 0 Å². The second-order valence-corrected chi connectivity index (χ2v) is 8.18. The van der Waals surface area contributed by atoms with Crippen LogP contribution >= 0.6 is 0 Å². The number of rotatable bonds is 8. The Morgan fingerprint density at radius 3 is 2.63 bits per heavy atom. The molecule has 1 atom stereocenters. The number of pyridine rings is 1. The molecule has 2 aromatic rings. The lowest BCUT2D eigenvalue weighted by molar-refractivity contribution is -0.120. The molecular formula is C25H27F3N4O3. The van der Waals surface area contributed by atoms with Crippen molar-refractivity contribution in [2.45, 2.75) is 32.4 Å². The number of aryl methyl sites for hydroxylation is 1. The highest BCUT2D eigenvalue weighted by molar-refractivity contribution is 5.92. The molecule has 186 valence electrons. The molecule has 0 bridgehead atoms. The summed E-state index contributed by atoms with van der Waals surface area (Å²) in [6, 6.07) is 10.2. The standard InChI is InChI=1S/C25H27F3N4O3/c1-15-10-17(14-29)20(25(26,27)28)13-21(15)32-23(33)7-6-16-4-3-5-18(11-16)35-19-8-9-31-22(12-19)24(34)30-2/h3-5,8-9,11-13,15H,6-7,10,14,29H2,1-2H3,(H,30,34)(H,32,33). The smallest absolute Gasteiger partial charge is 0.416 e. The first-order valence-electron chi connectivity index (χ1n) is 11.1. The number of alkyl halides is 3. The van der Waals surface area contributed by atoms with Gasteiger partial charge in [-0.2, -0.15) is 13.2 Å². The summed E-state index contributed by atoms with van der Waals surface area (Å²) in [4.78, 5) is 28.2. The van der Waals surface area contributed by atoms with Crippen molar-refractivity contribution in [3.8, 4) is 11.5 Å². The molecular weight excluding hydrogens is 461 g/mol. The minimum atomic E-state index is -4.53. The zero-order chi connectivity index (χ0) is 25.6. The molecule has 0 radical (unpaired) electrons. The van der Waals surface area contributed by atoms with Crippen LogP contribution < -0.4 is 21.1 Å². The van der Waals surface area contributed by atoms with Crippen LogP contribution in [0.25, 0.3) is 0 Å². The van der Waals surface area contributed by atoms with Gasteiger partial charge in [-0.1, -0.05) is 19.1 Å². The highest BCUT2D eigenvalue weighted by Gasteiger charge is 2.37. The van der Waals surface area contributed by atoms with E-state index in [1.807, 2.05) is 6.07 Å². The maximum Gasteiger partial charge on any atom is 0.416 e. The highest BCUT2D eigenvalue weighted by Crippen LogP contribution is 2.37. The maximum atomic E-state index is 13.4. The zero-order valence-corrected chi connectivity index (χ0v) is 19.4. The van der Waals surface area contributed by atoms with E-state index >= 15 is 0 Å². The van der Waals surface area contributed by atoms with E-state index in [9.17, 15) is 22.8 Å². The van der Waals surface area contributed by atoms with E-state index in [-0.39, 0.29) is 54.1 Å². The Kier molecular flexibility index (Phi) is 8.29. The number of nitrogens with zero attached hydrogens (tertiary/aromatic N) is 1. The lowest BCUT2D eigenvalue weighted by Crippen LogP contribution is -2.31. The van der Waals surface area contributed by atoms with Gasteiger partial charge in [-0.15, -0.1) is 0 Å². The molecule has 1 aliphatic rings. The van der Waals surface area contributed by atoms with Crippen LogP contribution in [0.15, 0.2) is 65.5 Å². The van der Waals surface area contributed by atoms with Crippen LogP contribution in [0, 0.1) is 5.92 Å². The zero-order valence-electron chi connectivity index (χ0n) is 19.4. The molecule has 0 aliphatic heterocycles. The Morgan fingerprint density at radius 1 is 1.20 bits per heavy atom. The van der Waals surface area contributed by atoms with Gasteiger partial charge in [0.05, 0.1) is 5.57 Å². The summed E-state index contributed by atoms with van der Waals surface area (Å²) in [5.41, 5.74) is 6.11. The third-order valence-electron chi connectivity index (χ3n) is 5.57. The third-order valence-corrected chi connectivity index (χ3v) is 5.57. The van der Waals surface area contributed by atoms with Crippen LogP contribution in [0.2, 0.25) is 0 Å². The molecule has 4 N–H and O–H groups in total. The summed E-state index contributed by atoms with van der Waals surface area (Å²) in [6.45, 7) is 1.58. The first-order chi connectivity index (χ1) is 16.6. The molecule has 0 spiro atoms. The summed E-state index contributed by atoms with van der Waals surface area (Å²) in [6.07, 6.45) is -1.48. The van der Waals surface area contributed by atoms with Gasteiger partial charge in [0.15, 0.2) is 0 Å². The predicted molar refractivity (Wildman–Crippen MR) is 125 cm³/mol. The Bertz CT molecular complexity index is 1160. The van der Waals surface area contributed by atoms with Crippen molar-refractivity contribution >= 4 is 11.8 Å². The van der Waals surface area contributed by atoms with E-state index in [2.05, 4.69) is 15.6 Å². The number of aromatic nitrogens is 1. The molecule has 1 unspecified atom stereocenters. The van der Waals surface area contributed by atoms with Crippen molar-refractivity contribution in [2.24, 2.45) is 11.7 Å². The molecule has 1 aromatic carbocycles. The maximum absolute atomic E-state index is 13.4. The van der Waals surface area contributed by atoms with E-state index in [0.29, 0.717) is 17.9 Å². The van der Waals surface area contributed by atoms with Gasteiger partial charge in [-0.05, 0) is 48.3 Å². The molecule has 1 heterocycles. The first-order valence-corrected chi connectivity index (χ1v) is 11.1. The fourth-order valence-electron chi connectivity index (χ4n) is 3.73. The molecule has 2 amide bonds. The summed E-state index contributed by atoms with van der Waals surface area (Å²) in [5, 5.41) is 5.13. The van der Waals surface area contributed by atoms with Crippen molar-refractivity contribution in [3.63, 3.8) is 0 Å². The number of carbonyl (C=O) groups excluding carboxylic acids is 2. The lowest BCUT2D eigenvalue weighted by atomic mass is 9.87. The molecule has 3 rings (SSSR count). The number of hydrogen-bond donors (Lipinski definition) is 3. The Morgan fingerprint density at radius 2 is 1.94 bits per heavy atom. The molecule has 1 aliphatic carbocycles. The van der Waals surface area contributed by atoms with E-state index in [1.165, 1.54) is 19.3 Å². The topological polar surface area (TPSA) is 106 Å². The average molecular weight is 489 g/mol. The Hall–Kier alpha value is -3.66. The number of amides is 2. The molecule has 7 nitrogen and oxygen atoms in total. The van der Waals surface area contributed by atoms with Gasteiger partial charge in [-0.3, -0.25) is 14.6 Å². The van der Waals surface area contributed by atoms with Gasteiger partial charge < -0.3 is 21.1 Å². The summed E-state index contributed by atoms with van der Waals surface area (Å²) in [7, 11) is 1.51. The number of ether oxygens (including phenoxy) is 1. The molecule has 0 saturated carbocycles. The minimum absolute atomic E-state index is 0.0817. The quantitative estimate of drug-likeness (QED) is 0.520. The fraction of sp³-hybridized carbons (Fsp3) is 0.320. The van der Waals surface area contributed by atoms with Crippen molar-refractivity contribution in [1.29, 1.82) is 0 Å². The number of allylic oxidation sites excluding steroid dienone is 3. The normalized spacial score (nSPS) is 15.9. The number of carbonyl (C=O) groups is 2. The second kappa shape index (κ2) is 11.2. The van der Waals surface area contributed by atoms with Crippen molar-refractivity contribution in [1.82, 2.24) is 15.6 Å².